The lowest BCUT2D eigenvalue weighted by molar-refractivity contribution is -0.0517. The summed E-state index contributed by atoms with van der Waals surface area (Å²) in [5, 5.41) is 20.0. The van der Waals surface area contributed by atoms with E-state index in [4.69, 9.17) is 14.5 Å². The molecule has 15 heteroatoms. The summed E-state index contributed by atoms with van der Waals surface area (Å²) in [6, 6.07) is 0. The number of aromatic nitrogens is 4. The molecule has 14 nitrogen and oxygen atoms in total. The van der Waals surface area contributed by atoms with Gasteiger partial charge in [-0.2, -0.15) is 0 Å². The van der Waals surface area contributed by atoms with Gasteiger partial charge in [0.05, 0.1) is 6.61 Å². The van der Waals surface area contributed by atoms with E-state index < -0.39 is 55.9 Å². The van der Waals surface area contributed by atoms with Gasteiger partial charge in [-0.25, -0.2) is 18.7 Å². The number of aliphatic hydroxyl groups is 2. The van der Waals surface area contributed by atoms with Gasteiger partial charge in [0.25, 0.3) is 5.56 Å². The predicted octanol–water partition coefficient (Wildman–Crippen LogP) is -3.57. The topological polar surface area (TPSA) is 220 Å². The maximum Gasteiger partial charge on any atom is 0.469 e. The van der Waals surface area contributed by atoms with E-state index in [1.54, 1.807) is 0 Å². The highest BCUT2D eigenvalue weighted by Gasteiger charge is 2.45. The summed E-state index contributed by atoms with van der Waals surface area (Å²) in [5.41, 5.74) is -3.30. The molecule has 1 aliphatic heterocycles. The van der Waals surface area contributed by atoms with E-state index in [2.05, 4.69) is 14.5 Å². The number of imidazole rings is 1. The van der Waals surface area contributed by atoms with E-state index in [1.165, 1.54) is 0 Å². The number of fused-ring (bicyclic) bond motifs is 1. The van der Waals surface area contributed by atoms with Crippen molar-refractivity contribution in [1.82, 2.24) is 19.5 Å². The molecule has 0 bridgehead atoms. The van der Waals surface area contributed by atoms with Gasteiger partial charge in [0.15, 0.2) is 17.4 Å². The molecule has 1 unspecified atom stereocenters. The number of rotatable bonds is 4. The molecular formula is C10H13N4O10P. The number of ether oxygens (including phenoxy) is 1. The highest BCUT2D eigenvalue weighted by atomic mass is 31.2. The van der Waals surface area contributed by atoms with Gasteiger partial charge in [-0.05, 0) is 0 Å². The van der Waals surface area contributed by atoms with Crippen molar-refractivity contribution >= 4 is 19.0 Å². The van der Waals surface area contributed by atoms with Gasteiger partial charge >= 0.3 is 19.2 Å². The second-order valence-corrected chi connectivity index (χ2v) is 6.50. The van der Waals surface area contributed by atoms with Crippen molar-refractivity contribution in [3.05, 3.63) is 31.3 Å². The van der Waals surface area contributed by atoms with Gasteiger partial charge in [0.1, 0.15) is 18.3 Å². The normalized spacial score (nSPS) is 27.2. The van der Waals surface area contributed by atoms with Crippen LogP contribution in [-0.4, -0.2) is 64.4 Å². The first kappa shape index (κ1) is 17.8. The number of phosphoric ester groups is 1. The molecule has 3 heterocycles. The van der Waals surface area contributed by atoms with Crippen molar-refractivity contribution in [3.8, 4) is 0 Å². The van der Waals surface area contributed by atoms with Crippen LogP contribution in [0.4, 0.5) is 0 Å². The molecule has 0 aliphatic carbocycles. The summed E-state index contributed by atoms with van der Waals surface area (Å²) in [5.74, 6) is 0. The molecule has 4 atom stereocenters. The van der Waals surface area contributed by atoms with Gasteiger partial charge in [0.2, 0.25) is 0 Å². The molecule has 2 aromatic rings. The standard InChI is InChI=1S/C10H13N4O10P/c15-4-2(1-23-25(20,21)22)24-8(5(4)16)14-6-3(11-10(14)19)7(17)13-9(18)12-6/h2,4-5,8,15-16H,1H2,(H,11,19)(H2,20,21,22)(H2,12,13,17,18)/t2-,4-,5-,8?/m1/s1. The zero-order valence-corrected chi connectivity index (χ0v) is 13.0. The van der Waals surface area contributed by atoms with Crippen LogP contribution in [0.5, 0.6) is 0 Å². The molecule has 25 heavy (non-hydrogen) atoms. The summed E-state index contributed by atoms with van der Waals surface area (Å²) in [6.07, 6.45) is -6.27. The van der Waals surface area contributed by atoms with E-state index in [9.17, 15) is 29.2 Å². The Morgan fingerprint density at radius 2 is 1.80 bits per heavy atom. The van der Waals surface area contributed by atoms with Crippen LogP contribution in [0.3, 0.4) is 0 Å². The molecule has 0 radical (unpaired) electrons. The predicted molar refractivity (Wildman–Crippen MR) is 77.7 cm³/mol. The van der Waals surface area contributed by atoms with E-state index >= 15 is 0 Å². The number of aliphatic hydroxyl groups excluding tert-OH is 2. The third-order valence-electron chi connectivity index (χ3n) is 3.61. The number of hydrogen-bond acceptors (Lipinski definition) is 8. The molecule has 0 spiro atoms. The SMILES string of the molecule is O=c1[nH]c(=O)c2[nH]c(=O)n(C3O[C@H](COP(=O)(O)O)[C@@H](O)[C@H]3O)c2[nH]1. The largest absolute Gasteiger partial charge is 0.469 e. The summed E-state index contributed by atoms with van der Waals surface area (Å²) >= 11 is 0. The van der Waals surface area contributed by atoms with E-state index in [-0.39, 0.29) is 11.2 Å². The molecular weight excluding hydrogens is 367 g/mol. The Balaban J connectivity index is 2.00. The van der Waals surface area contributed by atoms with Gasteiger partial charge in [0, 0.05) is 0 Å². The van der Waals surface area contributed by atoms with Crippen molar-refractivity contribution in [1.29, 1.82) is 0 Å². The Morgan fingerprint density at radius 3 is 2.44 bits per heavy atom. The van der Waals surface area contributed by atoms with Crippen molar-refractivity contribution < 1.29 is 33.8 Å². The Hall–Kier alpha value is -2.06. The van der Waals surface area contributed by atoms with Crippen molar-refractivity contribution in [2.45, 2.75) is 24.5 Å². The number of nitrogens with zero attached hydrogens (tertiary/aromatic N) is 1. The molecule has 138 valence electrons. The van der Waals surface area contributed by atoms with E-state index in [0.717, 1.165) is 0 Å². The third kappa shape index (κ3) is 3.23. The quantitative estimate of drug-likeness (QED) is 0.259. The van der Waals surface area contributed by atoms with Crippen LogP contribution in [0, 0.1) is 0 Å². The second-order valence-electron chi connectivity index (χ2n) is 5.26. The van der Waals surface area contributed by atoms with Crippen molar-refractivity contribution in [2.24, 2.45) is 0 Å². The number of phosphoric acid groups is 1. The fourth-order valence-electron chi connectivity index (χ4n) is 2.53. The van der Waals surface area contributed by atoms with Crippen LogP contribution in [0.15, 0.2) is 14.4 Å². The highest BCUT2D eigenvalue weighted by molar-refractivity contribution is 7.46. The lowest BCUT2D eigenvalue weighted by atomic mass is 10.1. The summed E-state index contributed by atoms with van der Waals surface area (Å²) in [6.45, 7) is -0.771. The molecule has 7 N–H and O–H groups in total. The first-order valence-corrected chi connectivity index (χ1v) is 8.30. The molecule has 1 fully saturated rings. The average Bonchev–Trinajstić information content (AvgIpc) is 2.95. The summed E-state index contributed by atoms with van der Waals surface area (Å²) in [7, 11) is -4.85. The van der Waals surface area contributed by atoms with Crippen LogP contribution in [0.25, 0.3) is 11.2 Å². The van der Waals surface area contributed by atoms with Gasteiger partial charge in [-0.3, -0.25) is 24.3 Å². The zero-order chi connectivity index (χ0) is 18.5. The van der Waals surface area contributed by atoms with Crippen LogP contribution in [-0.2, 0) is 13.8 Å². The van der Waals surface area contributed by atoms with E-state index in [1.807, 2.05) is 4.98 Å². The number of H-pyrrole nitrogens is 3. The first-order valence-electron chi connectivity index (χ1n) is 6.77. The molecule has 2 aromatic heterocycles. The molecule has 0 amide bonds. The van der Waals surface area contributed by atoms with Crippen LogP contribution < -0.4 is 16.9 Å². The fourth-order valence-corrected chi connectivity index (χ4v) is 2.87. The second kappa shape index (κ2) is 6.03. The number of aromatic amines is 3. The number of nitrogens with one attached hydrogen (secondary N) is 3. The van der Waals surface area contributed by atoms with Crippen LogP contribution >= 0.6 is 7.82 Å². The van der Waals surface area contributed by atoms with Crippen LogP contribution in [0.1, 0.15) is 6.23 Å². The average molecular weight is 380 g/mol. The molecule has 1 aliphatic rings. The van der Waals surface area contributed by atoms with Gasteiger partial charge in [-0.1, -0.05) is 0 Å². The Morgan fingerprint density at radius 1 is 1.12 bits per heavy atom. The third-order valence-corrected chi connectivity index (χ3v) is 4.10. The smallest absolute Gasteiger partial charge is 0.387 e. The Kier molecular flexibility index (Phi) is 4.28. The summed E-state index contributed by atoms with van der Waals surface area (Å²) in [4.78, 5) is 58.8. The first-order chi connectivity index (χ1) is 11.6. The van der Waals surface area contributed by atoms with Gasteiger partial charge < -0.3 is 24.7 Å². The van der Waals surface area contributed by atoms with Crippen molar-refractivity contribution in [3.63, 3.8) is 0 Å². The maximum absolute atomic E-state index is 12.1. The minimum Gasteiger partial charge on any atom is -0.387 e. The minimum atomic E-state index is -4.85. The minimum absolute atomic E-state index is 0.286. The maximum atomic E-state index is 12.1. The Labute approximate surface area is 135 Å². The summed E-state index contributed by atoms with van der Waals surface area (Å²) < 4.78 is 20.9. The lowest BCUT2D eigenvalue weighted by Gasteiger charge is -2.15. The number of hydrogen-bond donors (Lipinski definition) is 7. The Bertz CT molecular complexity index is 1010. The molecule has 3 rings (SSSR count). The molecule has 1 saturated heterocycles. The highest BCUT2D eigenvalue weighted by Crippen LogP contribution is 2.38. The van der Waals surface area contributed by atoms with E-state index in [0.29, 0.717) is 4.57 Å². The zero-order valence-electron chi connectivity index (χ0n) is 12.1. The van der Waals surface area contributed by atoms with Crippen LogP contribution in [0.2, 0.25) is 0 Å². The van der Waals surface area contributed by atoms with Crippen molar-refractivity contribution in [2.75, 3.05) is 6.61 Å². The van der Waals surface area contributed by atoms with Gasteiger partial charge in [-0.15, -0.1) is 0 Å². The molecule has 0 saturated carbocycles. The lowest BCUT2D eigenvalue weighted by Crippen LogP contribution is -2.35. The monoisotopic (exact) mass is 380 g/mol. The fraction of sp³-hybridized carbons (Fsp3) is 0.500. The molecule has 0 aromatic carbocycles.